The largest absolute Gasteiger partial charge is 0.467 e. The van der Waals surface area contributed by atoms with Gasteiger partial charge in [-0.2, -0.15) is 0 Å². The molecule has 1 atom stereocenters. The maximum atomic E-state index is 13.1. The number of benzene rings is 1. The molecular weight excluding hydrogens is 231 g/mol. The first-order valence-electron chi connectivity index (χ1n) is 4.98. The van der Waals surface area contributed by atoms with Crippen molar-refractivity contribution in [2.75, 3.05) is 7.05 Å². The Balaban J connectivity index is 2.45. The smallest absolute Gasteiger partial charge is 0.194 e. The van der Waals surface area contributed by atoms with Gasteiger partial charge < -0.3 is 9.73 Å². The van der Waals surface area contributed by atoms with E-state index in [9.17, 15) is 13.2 Å². The Kier molecular flexibility index (Phi) is 3.19. The summed E-state index contributed by atoms with van der Waals surface area (Å²) in [6.45, 7) is 0. The molecule has 1 unspecified atom stereocenters. The molecule has 90 valence electrons. The Morgan fingerprint density at radius 3 is 2.29 bits per heavy atom. The molecule has 0 aliphatic rings. The Bertz CT molecular complexity index is 487. The Morgan fingerprint density at radius 2 is 1.82 bits per heavy atom. The highest BCUT2D eigenvalue weighted by Crippen LogP contribution is 2.25. The van der Waals surface area contributed by atoms with Crippen LogP contribution in [0.25, 0.3) is 0 Å². The van der Waals surface area contributed by atoms with E-state index in [2.05, 4.69) is 5.32 Å². The van der Waals surface area contributed by atoms with Crippen LogP contribution in [0.1, 0.15) is 17.4 Å². The van der Waals surface area contributed by atoms with Crippen molar-refractivity contribution in [2.45, 2.75) is 6.04 Å². The van der Waals surface area contributed by atoms with Crippen LogP contribution in [-0.4, -0.2) is 7.05 Å². The Hall–Kier alpha value is -1.75. The highest BCUT2D eigenvalue weighted by Gasteiger charge is 2.19. The molecule has 0 bridgehead atoms. The number of rotatable bonds is 3. The average Bonchev–Trinajstić information content (AvgIpc) is 2.80. The van der Waals surface area contributed by atoms with Crippen molar-refractivity contribution >= 4 is 0 Å². The summed E-state index contributed by atoms with van der Waals surface area (Å²) in [7, 11) is 1.62. The van der Waals surface area contributed by atoms with E-state index in [1.165, 1.54) is 6.26 Å². The van der Waals surface area contributed by atoms with E-state index >= 15 is 0 Å². The maximum Gasteiger partial charge on any atom is 0.194 e. The summed E-state index contributed by atoms with van der Waals surface area (Å²) in [4.78, 5) is 0. The summed E-state index contributed by atoms with van der Waals surface area (Å²) in [6.07, 6.45) is 1.45. The van der Waals surface area contributed by atoms with E-state index < -0.39 is 23.5 Å². The van der Waals surface area contributed by atoms with Crippen LogP contribution in [0, 0.1) is 17.5 Å². The van der Waals surface area contributed by atoms with Gasteiger partial charge in [-0.15, -0.1) is 0 Å². The zero-order valence-corrected chi connectivity index (χ0v) is 9.01. The Labute approximate surface area is 96.1 Å². The predicted octanol–water partition coefficient (Wildman–Crippen LogP) is 3.01. The van der Waals surface area contributed by atoms with Crippen molar-refractivity contribution in [1.82, 2.24) is 5.32 Å². The molecular formula is C12H10F3NO. The van der Waals surface area contributed by atoms with Gasteiger partial charge in [-0.05, 0) is 36.9 Å². The first kappa shape index (κ1) is 11.7. The van der Waals surface area contributed by atoms with Crippen molar-refractivity contribution in [3.8, 4) is 0 Å². The van der Waals surface area contributed by atoms with Gasteiger partial charge in [-0.25, -0.2) is 13.2 Å². The molecule has 0 spiro atoms. The Morgan fingerprint density at radius 1 is 1.18 bits per heavy atom. The molecule has 2 rings (SSSR count). The van der Waals surface area contributed by atoms with Crippen LogP contribution in [0.15, 0.2) is 34.9 Å². The fraction of sp³-hybridized carbons (Fsp3) is 0.167. The molecule has 17 heavy (non-hydrogen) atoms. The quantitative estimate of drug-likeness (QED) is 0.835. The summed E-state index contributed by atoms with van der Waals surface area (Å²) in [6, 6.07) is 4.70. The summed E-state index contributed by atoms with van der Waals surface area (Å²) >= 11 is 0. The highest BCUT2D eigenvalue weighted by molar-refractivity contribution is 5.28. The molecule has 0 radical (unpaired) electrons. The summed E-state index contributed by atoms with van der Waals surface area (Å²) in [5.41, 5.74) is 0.263. The van der Waals surface area contributed by atoms with Crippen molar-refractivity contribution in [3.63, 3.8) is 0 Å². The molecule has 0 amide bonds. The zero-order valence-electron chi connectivity index (χ0n) is 9.01. The van der Waals surface area contributed by atoms with Gasteiger partial charge in [-0.3, -0.25) is 0 Å². The van der Waals surface area contributed by atoms with Crippen molar-refractivity contribution in [2.24, 2.45) is 0 Å². The van der Waals surface area contributed by atoms with E-state index in [0.29, 0.717) is 5.76 Å². The monoisotopic (exact) mass is 241 g/mol. The third-order valence-electron chi connectivity index (χ3n) is 2.46. The van der Waals surface area contributed by atoms with Gasteiger partial charge in [0.1, 0.15) is 5.76 Å². The second kappa shape index (κ2) is 4.63. The molecule has 0 aliphatic heterocycles. The molecule has 2 nitrogen and oxygen atoms in total. The lowest BCUT2D eigenvalue weighted by Gasteiger charge is -2.14. The molecule has 1 aromatic heterocycles. The van der Waals surface area contributed by atoms with Crippen LogP contribution in [0.4, 0.5) is 13.2 Å². The normalized spacial score (nSPS) is 12.7. The number of hydrogen-bond donors (Lipinski definition) is 1. The second-order valence-electron chi connectivity index (χ2n) is 3.54. The fourth-order valence-electron chi connectivity index (χ4n) is 1.67. The van der Waals surface area contributed by atoms with Crippen molar-refractivity contribution < 1.29 is 17.6 Å². The molecule has 2 aromatic rings. The van der Waals surface area contributed by atoms with Crippen molar-refractivity contribution in [1.29, 1.82) is 0 Å². The van der Waals surface area contributed by atoms with Gasteiger partial charge in [0.05, 0.1) is 12.3 Å². The number of hydrogen-bond acceptors (Lipinski definition) is 2. The maximum absolute atomic E-state index is 13.1. The minimum atomic E-state index is -1.47. The van der Waals surface area contributed by atoms with Crippen LogP contribution >= 0.6 is 0 Å². The van der Waals surface area contributed by atoms with Gasteiger partial charge >= 0.3 is 0 Å². The zero-order chi connectivity index (χ0) is 12.4. The van der Waals surface area contributed by atoms with E-state index in [4.69, 9.17) is 4.42 Å². The second-order valence-corrected chi connectivity index (χ2v) is 3.54. The minimum Gasteiger partial charge on any atom is -0.467 e. The van der Waals surface area contributed by atoms with Crippen LogP contribution in [-0.2, 0) is 0 Å². The van der Waals surface area contributed by atoms with E-state index in [0.717, 1.165) is 12.1 Å². The van der Waals surface area contributed by atoms with Crippen LogP contribution in [0.3, 0.4) is 0 Å². The summed E-state index contributed by atoms with van der Waals surface area (Å²) in [5.74, 6) is -3.40. The van der Waals surface area contributed by atoms with Crippen molar-refractivity contribution in [3.05, 3.63) is 59.3 Å². The molecule has 1 N–H and O–H groups in total. The lowest BCUT2D eigenvalue weighted by Crippen LogP contribution is -2.17. The molecule has 1 aromatic carbocycles. The standard InChI is InChI=1S/C12H10F3NO/c1-16-12(10-3-2-4-17-10)7-5-8(13)11(15)9(14)6-7/h2-6,12,16H,1H3. The van der Waals surface area contributed by atoms with E-state index in [-0.39, 0.29) is 5.56 Å². The van der Waals surface area contributed by atoms with Crippen LogP contribution in [0.5, 0.6) is 0 Å². The molecule has 0 fully saturated rings. The summed E-state index contributed by atoms with van der Waals surface area (Å²) in [5, 5.41) is 2.85. The van der Waals surface area contributed by atoms with Gasteiger partial charge in [0.2, 0.25) is 0 Å². The predicted molar refractivity (Wildman–Crippen MR) is 55.9 cm³/mol. The van der Waals surface area contributed by atoms with E-state index in [1.807, 2.05) is 0 Å². The minimum absolute atomic E-state index is 0.263. The van der Waals surface area contributed by atoms with E-state index in [1.54, 1.807) is 19.2 Å². The lowest BCUT2D eigenvalue weighted by atomic mass is 10.0. The number of nitrogens with one attached hydrogen (secondary N) is 1. The fourth-order valence-corrected chi connectivity index (χ4v) is 1.67. The molecule has 5 heteroatoms. The third kappa shape index (κ3) is 2.19. The van der Waals surface area contributed by atoms with Gasteiger partial charge in [0.25, 0.3) is 0 Å². The summed E-state index contributed by atoms with van der Waals surface area (Å²) < 4.78 is 44.2. The van der Waals surface area contributed by atoms with Gasteiger partial charge in [0, 0.05) is 0 Å². The van der Waals surface area contributed by atoms with Crippen LogP contribution in [0.2, 0.25) is 0 Å². The number of furan rings is 1. The first-order valence-corrected chi connectivity index (χ1v) is 4.98. The highest BCUT2D eigenvalue weighted by atomic mass is 19.2. The van der Waals surface area contributed by atoms with Crippen LogP contribution < -0.4 is 5.32 Å². The topological polar surface area (TPSA) is 25.2 Å². The average molecular weight is 241 g/mol. The van der Waals surface area contributed by atoms with Gasteiger partial charge in [-0.1, -0.05) is 0 Å². The molecule has 1 heterocycles. The molecule has 0 saturated heterocycles. The molecule has 0 saturated carbocycles. The SMILES string of the molecule is CNC(c1cc(F)c(F)c(F)c1)c1ccco1. The number of halogens is 3. The molecule has 0 aliphatic carbocycles. The first-order chi connectivity index (χ1) is 8.13. The third-order valence-corrected chi connectivity index (χ3v) is 2.46. The lowest BCUT2D eigenvalue weighted by molar-refractivity contribution is 0.434. The van der Waals surface area contributed by atoms with Gasteiger partial charge in [0.15, 0.2) is 17.5 Å².